The van der Waals surface area contributed by atoms with Crippen LogP contribution >= 0.6 is 0 Å². The van der Waals surface area contributed by atoms with Gasteiger partial charge in [-0.25, -0.2) is 8.42 Å². The van der Waals surface area contributed by atoms with Crippen LogP contribution in [-0.2, 0) is 10.0 Å². The Labute approximate surface area is 102 Å². The minimum absolute atomic E-state index is 0.263. The van der Waals surface area contributed by atoms with E-state index in [9.17, 15) is 8.42 Å². The smallest absolute Gasteiger partial charge is 0.263 e. The van der Waals surface area contributed by atoms with E-state index < -0.39 is 10.0 Å². The normalized spacial score (nSPS) is 20.9. The Balaban J connectivity index is 2.18. The lowest BCUT2D eigenvalue weighted by molar-refractivity contribution is 0.592. The molecule has 0 unspecified atom stereocenters. The Bertz CT molecular complexity index is 525. The molecule has 0 saturated carbocycles. The van der Waals surface area contributed by atoms with Gasteiger partial charge in [-0.05, 0) is 31.1 Å². The predicted octanol–water partition coefficient (Wildman–Crippen LogP) is 2.24. The molecule has 0 amide bonds. The molecule has 0 radical (unpaired) electrons. The predicted molar refractivity (Wildman–Crippen MR) is 68.9 cm³/mol. The van der Waals surface area contributed by atoms with Crippen LogP contribution in [0.15, 0.2) is 39.5 Å². The molecule has 0 bridgehead atoms. The maximum absolute atomic E-state index is 12.0. The number of allylic oxidation sites excluding steroid dienone is 4. The number of sulfonamides is 1. The zero-order valence-electron chi connectivity index (χ0n) is 9.81. The molecule has 2 rings (SSSR count). The average molecular weight is 252 g/mol. The largest absolute Gasteiger partial charge is 0.283 e. The highest BCUT2D eigenvalue weighted by atomic mass is 32.2. The lowest BCUT2D eigenvalue weighted by atomic mass is 10.1. The number of nitrogens with one attached hydrogen (secondary N) is 1. The van der Waals surface area contributed by atoms with E-state index in [1.807, 2.05) is 6.08 Å². The Hall–Kier alpha value is -1.36. The highest BCUT2D eigenvalue weighted by Gasteiger charge is 2.25. The van der Waals surface area contributed by atoms with E-state index in [2.05, 4.69) is 16.6 Å². The second-order valence-corrected chi connectivity index (χ2v) is 5.77. The zero-order valence-corrected chi connectivity index (χ0v) is 10.6. The third-order valence-electron chi connectivity index (χ3n) is 2.74. The molecule has 5 heteroatoms. The lowest BCUT2D eigenvalue weighted by Gasteiger charge is -2.09. The summed E-state index contributed by atoms with van der Waals surface area (Å²) in [6.07, 6.45) is 10.6. The summed E-state index contributed by atoms with van der Waals surface area (Å²) < 4.78 is 26.6. The number of unbranched alkanes of at least 4 members (excludes halogenated alkanes) is 2. The molecule has 0 aromatic heterocycles. The molecule has 0 saturated heterocycles. The van der Waals surface area contributed by atoms with Gasteiger partial charge in [0.15, 0.2) is 0 Å². The Morgan fingerprint density at radius 2 is 2.06 bits per heavy atom. The van der Waals surface area contributed by atoms with Crippen LogP contribution in [0, 0.1) is 0 Å². The molecule has 4 nitrogen and oxygen atoms in total. The fourth-order valence-corrected chi connectivity index (χ4v) is 3.09. The van der Waals surface area contributed by atoms with Crippen molar-refractivity contribution in [1.82, 2.24) is 4.72 Å². The zero-order chi connectivity index (χ0) is 12.3. The van der Waals surface area contributed by atoms with Crippen LogP contribution in [0.3, 0.4) is 0 Å². The number of hydrogen-bond acceptors (Lipinski definition) is 3. The van der Waals surface area contributed by atoms with Crippen molar-refractivity contribution in [2.45, 2.75) is 32.6 Å². The SMILES string of the molecule is CCCCCC1=CC=C2N=CC=C2S(=O)(=O)N1. The van der Waals surface area contributed by atoms with Gasteiger partial charge in [-0.2, -0.15) is 0 Å². The van der Waals surface area contributed by atoms with Gasteiger partial charge in [0.1, 0.15) is 4.91 Å². The van der Waals surface area contributed by atoms with Gasteiger partial charge in [-0.3, -0.25) is 9.71 Å². The second kappa shape index (κ2) is 4.87. The lowest BCUT2D eigenvalue weighted by Crippen LogP contribution is -2.23. The first kappa shape index (κ1) is 12.1. The molecule has 92 valence electrons. The first-order chi connectivity index (χ1) is 8.13. The number of rotatable bonds is 4. The molecule has 2 aliphatic heterocycles. The summed E-state index contributed by atoms with van der Waals surface area (Å²) in [5, 5.41) is 0. The number of hydrogen-bond donors (Lipinski definition) is 1. The van der Waals surface area contributed by atoms with Crippen molar-refractivity contribution in [2.75, 3.05) is 0 Å². The molecule has 0 aromatic carbocycles. The molecule has 0 spiro atoms. The molecular weight excluding hydrogens is 236 g/mol. The molecule has 2 aliphatic rings. The average Bonchev–Trinajstić information content (AvgIpc) is 2.70. The van der Waals surface area contributed by atoms with Crippen molar-refractivity contribution in [2.24, 2.45) is 4.99 Å². The van der Waals surface area contributed by atoms with Crippen LogP contribution in [0.5, 0.6) is 0 Å². The first-order valence-electron chi connectivity index (χ1n) is 5.82. The maximum atomic E-state index is 12.0. The number of aliphatic imine (C=N–C) groups is 1. The summed E-state index contributed by atoms with van der Waals surface area (Å²) in [5.41, 5.74) is 1.26. The summed E-state index contributed by atoms with van der Waals surface area (Å²) in [4.78, 5) is 4.29. The van der Waals surface area contributed by atoms with Crippen molar-refractivity contribution in [1.29, 1.82) is 0 Å². The van der Waals surface area contributed by atoms with Crippen LogP contribution in [0.25, 0.3) is 0 Å². The van der Waals surface area contributed by atoms with E-state index in [-0.39, 0.29) is 4.91 Å². The number of nitrogens with zero attached hydrogens (tertiary/aromatic N) is 1. The van der Waals surface area contributed by atoms with Crippen molar-refractivity contribution in [3.8, 4) is 0 Å². The topological polar surface area (TPSA) is 58.5 Å². The van der Waals surface area contributed by atoms with Gasteiger partial charge in [0, 0.05) is 11.9 Å². The third kappa shape index (κ3) is 2.66. The van der Waals surface area contributed by atoms with E-state index in [0.29, 0.717) is 5.70 Å². The van der Waals surface area contributed by atoms with Gasteiger partial charge in [0.05, 0.1) is 5.70 Å². The third-order valence-corrected chi connectivity index (χ3v) is 4.19. The van der Waals surface area contributed by atoms with E-state index in [0.717, 1.165) is 31.4 Å². The van der Waals surface area contributed by atoms with Crippen LogP contribution < -0.4 is 4.72 Å². The fraction of sp³-hybridized carbons (Fsp3) is 0.417. The van der Waals surface area contributed by atoms with Crippen molar-refractivity contribution >= 4 is 16.2 Å². The van der Waals surface area contributed by atoms with Crippen molar-refractivity contribution in [3.05, 3.63) is 34.5 Å². The molecule has 0 atom stereocenters. The molecular formula is C12H16N2O2S. The van der Waals surface area contributed by atoms with Gasteiger partial charge in [-0.15, -0.1) is 0 Å². The summed E-state index contributed by atoms with van der Waals surface area (Å²) in [7, 11) is -3.43. The minimum atomic E-state index is -3.43. The number of fused-ring (bicyclic) bond motifs is 1. The quantitative estimate of drug-likeness (QED) is 0.780. The second-order valence-electron chi connectivity index (χ2n) is 4.12. The fourth-order valence-electron chi connectivity index (χ4n) is 1.83. The van der Waals surface area contributed by atoms with Gasteiger partial charge >= 0.3 is 0 Å². The van der Waals surface area contributed by atoms with Crippen molar-refractivity contribution in [3.63, 3.8) is 0 Å². The van der Waals surface area contributed by atoms with E-state index in [1.54, 1.807) is 6.08 Å². The highest BCUT2D eigenvalue weighted by Crippen LogP contribution is 2.25. The minimum Gasteiger partial charge on any atom is -0.283 e. The molecule has 17 heavy (non-hydrogen) atoms. The van der Waals surface area contributed by atoms with E-state index in [4.69, 9.17) is 0 Å². The highest BCUT2D eigenvalue weighted by molar-refractivity contribution is 7.93. The van der Waals surface area contributed by atoms with Gasteiger partial charge < -0.3 is 0 Å². The summed E-state index contributed by atoms with van der Waals surface area (Å²) in [6, 6.07) is 0. The van der Waals surface area contributed by atoms with E-state index in [1.165, 1.54) is 12.3 Å². The summed E-state index contributed by atoms with van der Waals surface area (Å²) in [6.45, 7) is 2.12. The van der Waals surface area contributed by atoms with Crippen LogP contribution in [0.1, 0.15) is 32.6 Å². The summed E-state index contributed by atoms with van der Waals surface area (Å²) in [5.74, 6) is 0. The maximum Gasteiger partial charge on any atom is 0.263 e. The molecule has 1 N–H and O–H groups in total. The molecule has 2 heterocycles. The first-order valence-corrected chi connectivity index (χ1v) is 7.30. The van der Waals surface area contributed by atoms with Crippen LogP contribution in [0.4, 0.5) is 0 Å². The van der Waals surface area contributed by atoms with Crippen molar-refractivity contribution < 1.29 is 8.42 Å². The molecule has 0 fully saturated rings. The Morgan fingerprint density at radius 3 is 2.82 bits per heavy atom. The van der Waals surface area contributed by atoms with Gasteiger partial charge in [-0.1, -0.05) is 19.8 Å². The monoisotopic (exact) mass is 252 g/mol. The summed E-state index contributed by atoms with van der Waals surface area (Å²) >= 11 is 0. The van der Waals surface area contributed by atoms with E-state index >= 15 is 0 Å². The van der Waals surface area contributed by atoms with Gasteiger partial charge in [0.2, 0.25) is 0 Å². The van der Waals surface area contributed by atoms with Crippen LogP contribution in [-0.4, -0.2) is 14.6 Å². The van der Waals surface area contributed by atoms with Crippen LogP contribution in [0.2, 0.25) is 0 Å². The molecule has 0 aliphatic carbocycles. The Kier molecular flexibility index (Phi) is 3.47. The molecule has 0 aromatic rings. The van der Waals surface area contributed by atoms with Gasteiger partial charge in [0.25, 0.3) is 10.0 Å². The standard InChI is InChI=1S/C12H16N2O2S/c1-2-3-4-5-10-6-7-11-12(8-9-13-11)17(15,16)14-10/h6-9,14H,2-5H2,1H3. The Morgan fingerprint density at radius 1 is 1.24 bits per heavy atom.